The van der Waals surface area contributed by atoms with Crippen LogP contribution in [0.1, 0.15) is 5.69 Å². The van der Waals surface area contributed by atoms with Crippen LogP contribution in [0.25, 0.3) is 0 Å². The zero-order valence-corrected chi connectivity index (χ0v) is 9.71. The van der Waals surface area contributed by atoms with E-state index in [9.17, 15) is 14.5 Å². The summed E-state index contributed by atoms with van der Waals surface area (Å²) in [6.07, 6.45) is 1.28. The Bertz CT molecular complexity index is 602. The van der Waals surface area contributed by atoms with Crippen LogP contribution in [-0.2, 0) is 6.54 Å². The van der Waals surface area contributed by atoms with Gasteiger partial charge in [0.05, 0.1) is 29.4 Å². The number of rotatable bonds is 4. The van der Waals surface area contributed by atoms with Gasteiger partial charge in [0.2, 0.25) is 0 Å². The number of non-ortho nitro benzene ring substituents is 1. The number of pyridine rings is 1. The number of hydrogen-bond acceptors (Lipinski definition) is 5. The third-order valence-electron chi connectivity index (χ3n) is 2.38. The van der Waals surface area contributed by atoms with Crippen molar-refractivity contribution in [3.05, 3.63) is 58.2 Å². The van der Waals surface area contributed by atoms with Gasteiger partial charge in [0, 0.05) is 11.8 Å². The molecule has 7 heteroatoms. The van der Waals surface area contributed by atoms with E-state index in [1.807, 2.05) is 0 Å². The molecule has 0 unspecified atom stereocenters. The number of nitrogens with zero attached hydrogens (tertiary/aromatic N) is 2. The van der Waals surface area contributed by atoms with E-state index >= 15 is 0 Å². The zero-order valence-electron chi connectivity index (χ0n) is 9.71. The SMILES string of the molecule is O=[N+]([O-])c1cc(F)cc(NCc2ccc(O)cn2)c1. The first-order valence-corrected chi connectivity index (χ1v) is 5.37. The number of anilines is 1. The van der Waals surface area contributed by atoms with E-state index in [2.05, 4.69) is 10.3 Å². The summed E-state index contributed by atoms with van der Waals surface area (Å²) >= 11 is 0. The Morgan fingerprint density at radius 1 is 1.37 bits per heavy atom. The maximum atomic E-state index is 13.2. The van der Waals surface area contributed by atoms with Gasteiger partial charge in [-0.05, 0) is 18.2 Å². The number of hydrogen-bond donors (Lipinski definition) is 2. The van der Waals surface area contributed by atoms with Crippen molar-refractivity contribution in [2.75, 3.05) is 5.32 Å². The van der Waals surface area contributed by atoms with Crippen LogP contribution in [-0.4, -0.2) is 15.0 Å². The number of halogens is 1. The lowest BCUT2D eigenvalue weighted by Crippen LogP contribution is -2.02. The summed E-state index contributed by atoms with van der Waals surface area (Å²) in [4.78, 5) is 13.9. The molecule has 0 bridgehead atoms. The van der Waals surface area contributed by atoms with Crippen LogP contribution in [0.15, 0.2) is 36.5 Å². The van der Waals surface area contributed by atoms with E-state index in [0.29, 0.717) is 11.4 Å². The first-order valence-electron chi connectivity index (χ1n) is 5.37. The van der Waals surface area contributed by atoms with Crippen LogP contribution in [0.4, 0.5) is 15.8 Å². The predicted molar refractivity (Wildman–Crippen MR) is 66.3 cm³/mol. The van der Waals surface area contributed by atoms with Gasteiger partial charge in [-0.3, -0.25) is 15.1 Å². The summed E-state index contributed by atoms with van der Waals surface area (Å²) in [5.74, 6) is -0.638. The van der Waals surface area contributed by atoms with Crippen molar-refractivity contribution in [1.82, 2.24) is 4.98 Å². The third-order valence-corrected chi connectivity index (χ3v) is 2.38. The molecule has 0 spiro atoms. The number of nitro groups is 1. The molecule has 19 heavy (non-hydrogen) atoms. The maximum Gasteiger partial charge on any atom is 0.274 e. The molecule has 98 valence electrons. The molecule has 1 heterocycles. The first-order chi connectivity index (χ1) is 9.04. The van der Waals surface area contributed by atoms with E-state index in [4.69, 9.17) is 5.11 Å². The Kier molecular flexibility index (Phi) is 3.56. The van der Waals surface area contributed by atoms with Gasteiger partial charge in [0.15, 0.2) is 0 Å². The van der Waals surface area contributed by atoms with Crippen LogP contribution in [0, 0.1) is 15.9 Å². The highest BCUT2D eigenvalue weighted by Gasteiger charge is 2.09. The Morgan fingerprint density at radius 3 is 2.79 bits per heavy atom. The largest absolute Gasteiger partial charge is 0.506 e. The van der Waals surface area contributed by atoms with Crippen LogP contribution in [0.3, 0.4) is 0 Å². The molecule has 0 amide bonds. The number of benzene rings is 1. The molecule has 1 aromatic heterocycles. The molecule has 1 aromatic carbocycles. The Hall–Kier alpha value is -2.70. The lowest BCUT2D eigenvalue weighted by atomic mass is 10.2. The number of nitro benzene ring substituents is 1. The second kappa shape index (κ2) is 5.30. The van der Waals surface area contributed by atoms with E-state index in [1.165, 1.54) is 18.3 Å². The van der Waals surface area contributed by atoms with Crippen molar-refractivity contribution in [3.8, 4) is 5.75 Å². The van der Waals surface area contributed by atoms with E-state index in [1.54, 1.807) is 6.07 Å². The molecule has 2 aromatic rings. The molecule has 2 N–H and O–H groups in total. The summed E-state index contributed by atoms with van der Waals surface area (Å²) in [7, 11) is 0. The van der Waals surface area contributed by atoms with Crippen molar-refractivity contribution in [2.45, 2.75) is 6.54 Å². The normalized spacial score (nSPS) is 10.2. The van der Waals surface area contributed by atoms with Crippen molar-refractivity contribution in [2.24, 2.45) is 0 Å². The highest BCUT2D eigenvalue weighted by molar-refractivity contribution is 5.51. The second-order valence-corrected chi connectivity index (χ2v) is 3.82. The van der Waals surface area contributed by atoms with Gasteiger partial charge < -0.3 is 10.4 Å². The number of nitrogens with one attached hydrogen (secondary N) is 1. The van der Waals surface area contributed by atoms with Crippen molar-refractivity contribution in [1.29, 1.82) is 0 Å². The van der Waals surface area contributed by atoms with Gasteiger partial charge >= 0.3 is 0 Å². The predicted octanol–water partition coefficient (Wildman–Crippen LogP) is 2.45. The van der Waals surface area contributed by atoms with Crippen LogP contribution in [0.5, 0.6) is 5.75 Å². The summed E-state index contributed by atoms with van der Waals surface area (Å²) in [5, 5.41) is 22.5. The van der Waals surface area contributed by atoms with Crippen molar-refractivity contribution >= 4 is 11.4 Å². The van der Waals surface area contributed by atoms with Gasteiger partial charge in [0.1, 0.15) is 11.6 Å². The monoisotopic (exact) mass is 263 g/mol. The Morgan fingerprint density at radius 2 is 2.16 bits per heavy atom. The molecule has 0 saturated carbocycles. The zero-order chi connectivity index (χ0) is 13.8. The molecular weight excluding hydrogens is 253 g/mol. The average molecular weight is 263 g/mol. The van der Waals surface area contributed by atoms with Gasteiger partial charge in [-0.1, -0.05) is 0 Å². The fraction of sp³-hybridized carbons (Fsp3) is 0.0833. The minimum Gasteiger partial charge on any atom is -0.506 e. The summed E-state index contributed by atoms with van der Waals surface area (Å²) in [6, 6.07) is 6.31. The molecule has 0 saturated heterocycles. The molecule has 6 nitrogen and oxygen atoms in total. The number of aromatic nitrogens is 1. The van der Waals surface area contributed by atoms with Crippen molar-refractivity contribution < 1.29 is 14.4 Å². The average Bonchev–Trinajstić information content (AvgIpc) is 2.37. The Labute approximate surface area is 107 Å². The molecule has 0 radical (unpaired) electrons. The third kappa shape index (κ3) is 3.38. The smallest absolute Gasteiger partial charge is 0.274 e. The molecule has 0 aliphatic heterocycles. The van der Waals surface area contributed by atoms with Gasteiger partial charge in [0.25, 0.3) is 5.69 Å². The molecule has 0 aliphatic rings. The minimum absolute atomic E-state index is 0.0464. The van der Waals surface area contributed by atoms with Gasteiger partial charge in [-0.15, -0.1) is 0 Å². The molecular formula is C12H10FN3O3. The lowest BCUT2D eigenvalue weighted by Gasteiger charge is -2.06. The first kappa shape index (κ1) is 12.7. The summed E-state index contributed by atoms with van der Waals surface area (Å²) in [6.45, 7) is 0.265. The summed E-state index contributed by atoms with van der Waals surface area (Å²) in [5.41, 5.74) is 0.590. The quantitative estimate of drug-likeness (QED) is 0.653. The van der Waals surface area contributed by atoms with Gasteiger partial charge in [-0.2, -0.15) is 0 Å². The van der Waals surface area contributed by atoms with Gasteiger partial charge in [-0.25, -0.2) is 4.39 Å². The maximum absolute atomic E-state index is 13.2. The van der Waals surface area contributed by atoms with Crippen LogP contribution in [0.2, 0.25) is 0 Å². The topological polar surface area (TPSA) is 88.3 Å². The highest BCUT2D eigenvalue weighted by Crippen LogP contribution is 2.20. The molecule has 0 atom stereocenters. The van der Waals surface area contributed by atoms with E-state index in [0.717, 1.165) is 12.1 Å². The molecule has 0 aliphatic carbocycles. The number of aromatic hydroxyl groups is 1. The second-order valence-electron chi connectivity index (χ2n) is 3.82. The van der Waals surface area contributed by atoms with Crippen LogP contribution >= 0.6 is 0 Å². The van der Waals surface area contributed by atoms with Crippen molar-refractivity contribution in [3.63, 3.8) is 0 Å². The molecule has 2 rings (SSSR count). The standard InChI is InChI=1S/C12H10FN3O3/c13-8-3-10(5-11(4-8)16(18)19)14-6-9-1-2-12(17)7-15-9/h1-5,7,14,17H,6H2. The van der Waals surface area contributed by atoms with E-state index < -0.39 is 10.7 Å². The Balaban J connectivity index is 2.11. The fourth-order valence-electron chi connectivity index (χ4n) is 1.50. The minimum atomic E-state index is -0.685. The highest BCUT2D eigenvalue weighted by atomic mass is 19.1. The summed E-state index contributed by atoms with van der Waals surface area (Å²) < 4.78 is 13.2. The van der Waals surface area contributed by atoms with E-state index in [-0.39, 0.29) is 18.0 Å². The molecule has 0 fully saturated rings. The van der Waals surface area contributed by atoms with Crippen LogP contribution < -0.4 is 5.32 Å². The lowest BCUT2D eigenvalue weighted by molar-refractivity contribution is -0.385. The fourth-order valence-corrected chi connectivity index (χ4v) is 1.50.